The highest BCUT2D eigenvalue weighted by Crippen LogP contribution is 2.30. The number of hydrogen-bond acceptors (Lipinski definition) is 3. The molecule has 0 atom stereocenters. The number of anilines is 1. The molecule has 0 bridgehead atoms. The Kier molecular flexibility index (Phi) is 7.15. The van der Waals surface area contributed by atoms with Gasteiger partial charge in [0.15, 0.2) is 16.6 Å². The fraction of sp³-hybridized carbons (Fsp3) is 0.533. The van der Waals surface area contributed by atoms with Crippen molar-refractivity contribution < 1.29 is 9.47 Å². The minimum absolute atomic E-state index is 0.550. The van der Waals surface area contributed by atoms with Crippen LogP contribution in [0.2, 0.25) is 0 Å². The molecule has 0 unspecified atom stereocenters. The molecule has 0 heterocycles. The van der Waals surface area contributed by atoms with Crippen molar-refractivity contribution in [1.82, 2.24) is 5.32 Å². The molecule has 2 N–H and O–H groups in total. The van der Waals surface area contributed by atoms with Crippen LogP contribution >= 0.6 is 12.2 Å². The Hall–Kier alpha value is -1.49. The molecule has 0 fully saturated rings. The first-order valence-electron chi connectivity index (χ1n) is 7.01. The molecule has 20 heavy (non-hydrogen) atoms. The summed E-state index contributed by atoms with van der Waals surface area (Å²) in [6.07, 6.45) is 0. The van der Waals surface area contributed by atoms with Gasteiger partial charge in [-0.3, -0.25) is 0 Å². The van der Waals surface area contributed by atoms with Crippen LogP contribution in [0.15, 0.2) is 18.2 Å². The monoisotopic (exact) mass is 296 g/mol. The minimum atomic E-state index is 0.550. The van der Waals surface area contributed by atoms with Gasteiger partial charge in [0.1, 0.15) is 0 Å². The third kappa shape index (κ3) is 5.65. The molecular formula is C15H24N2O2S. The van der Waals surface area contributed by atoms with Crippen LogP contribution in [0.4, 0.5) is 5.69 Å². The molecule has 0 amide bonds. The van der Waals surface area contributed by atoms with Crippen LogP contribution in [-0.2, 0) is 0 Å². The zero-order valence-corrected chi connectivity index (χ0v) is 13.5. The van der Waals surface area contributed by atoms with Gasteiger partial charge >= 0.3 is 0 Å². The highest BCUT2D eigenvalue weighted by Gasteiger charge is 2.07. The van der Waals surface area contributed by atoms with Gasteiger partial charge in [0.25, 0.3) is 0 Å². The van der Waals surface area contributed by atoms with Crippen molar-refractivity contribution >= 4 is 23.0 Å². The number of thiocarbonyl (C=S) groups is 1. The zero-order valence-electron chi connectivity index (χ0n) is 12.7. The Morgan fingerprint density at radius 3 is 2.40 bits per heavy atom. The summed E-state index contributed by atoms with van der Waals surface area (Å²) in [5.74, 6) is 2.03. The number of rotatable bonds is 7. The van der Waals surface area contributed by atoms with E-state index in [0.29, 0.717) is 24.2 Å². The van der Waals surface area contributed by atoms with E-state index in [9.17, 15) is 0 Å². The van der Waals surface area contributed by atoms with Gasteiger partial charge in [-0.2, -0.15) is 0 Å². The summed E-state index contributed by atoms with van der Waals surface area (Å²) in [5, 5.41) is 6.94. The van der Waals surface area contributed by atoms with E-state index in [4.69, 9.17) is 21.7 Å². The summed E-state index contributed by atoms with van der Waals surface area (Å²) >= 11 is 5.25. The van der Waals surface area contributed by atoms with Crippen LogP contribution in [0, 0.1) is 5.92 Å². The lowest BCUT2D eigenvalue weighted by molar-refractivity contribution is 0.288. The first-order chi connectivity index (χ1) is 9.56. The van der Waals surface area contributed by atoms with Gasteiger partial charge in [-0.25, -0.2) is 0 Å². The van der Waals surface area contributed by atoms with Crippen molar-refractivity contribution in [3.8, 4) is 11.5 Å². The standard InChI is InChI=1S/C15H24N2O2S/c1-5-18-13-8-7-12(9-14(13)19-6-2)17-15(20)16-10-11(3)4/h7-9,11H,5-6,10H2,1-4H3,(H2,16,17,20). The molecule has 0 saturated carbocycles. The van der Waals surface area contributed by atoms with Crippen LogP contribution in [0.1, 0.15) is 27.7 Å². The number of ether oxygens (including phenoxy) is 2. The maximum atomic E-state index is 5.58. The molecule has 0 aromatic heterocycles. The third-order valence-corrected chi connectivity index (χ3v) is 2.72. The van der Waals surface area contributed by atoms with Crippen molar-refractivity contribution in [2.45, 2.75) is 27.7 Å². The molecule has 1 aromatic rings. The highest BCUT2D eigenvalue weighted by molar-refractivity contribution is 7.80. The molecule has 0 radical (unpaired) electrons. The second-order valence-electron chi connectivity index (χ2n) is 4.76. The first-order valence-corrected chi connectivity index (χ1v) is 7.42. The van der Waals surface area contributed by atoms with E-state index < -0.39 is 0 Å². The quantitative estimate of drug-likeness (QED) is 0.755. The van der Waals surface area contributed by atoms with Gasteiger partial charge in [-0.1, -0.05) is 13.8 Å². The van der Waals surface area contributed by atoms with E-state index in [1.165, 1.54) is 0 Å². The highest BCUT2D eigenvalue weighted by atomic mass is 32.1. The van der Waals surface area contributed by atoms with Crippen molar-refractivity contribution in [3.05, 3.63) is 18.2 Å². The summed E-state index contributed by atoms with van der Waals surface area (Å²) < 4.78 is 11.1. The number of hydrogen-bond donors (Lipinski definition) is 2. The molecule has 1 aromatic carbocycles. The van der Waals surface area contributed by atoms with E-state index in [2.05, 4.69) is 24.5 Å². The molecule has 0 saturated heterocycles. The minimum Gasteiger partial charge on any atom is -0.490 e. The lowest BCUT2D eigenvalue weighted by atomic mass is 10.2. The fourth-order valence-corrected chi connectivity index (χ4v) is 1.80. The Morgan fingerprint density at radius 2 is 1.80 bits per heavy atom. The molecule has 5 heteroatoms. The predicted molar refractivity (Wildman–Crippen MR) is 87.8 cm³/mol. The maximum absolute atomic E-state index is 5.58. The average Bonchev–Trinajstić information content (AvgIpc) is 2.40. The topological polar surface area (TPSA) is 42.5 Å². The van der Waals surface area contributed by atoms with Crippen LogP contribution in [0.5, 0.6) is 11.5 Å². The second kappa shape index (κ2) is 8.64. The number of nitrogens with one attached hydrogen (secondary N) is 2. The second-order valence-corrected chi connectivity index (χ2v) is 5.16. The van der Waals surface area contributed by atoms with Gasteiger partial charge in [0, 0.05) is 18.3 Å². The molecule has 4 nitrogen and oxygen atoms in total. The first kappa shape index (κ1) is 16.6. The molecule has 0 spiro atoms. The fourth-order valence-electron chi connectivity index (χ4n) is 1.60. The number of benzene rings is 1. The van der Waals surface area contributed by atoms with E-state index >= 15 is 0 Å². The van der Waals surface area contributed by atoms with Gasteiger partial charge in [-0.15, -0.1) is 0 Å². The van der Waals surface area contributed by atoms with Gasteiger partial charge in [0.2, 0.25) is 0 Å². The SMILES string of the molecule is CCOc1ccc(NC(=S)NCC(C)C)cc1OCC. The van der Waals surface area contributed by atoms with Gasteiger partial charge < -0.3 is 20.1 Å². The van der Waals surface area contributed by atoms with E-state index in [1.807, 2.05) is 32.0 Å². The van der Waals surface area contributed by atoms with Gasteiger partial charge in [0.05, 0.1) is 13.2 Å². The normalized spacial score (nSPS) is 10.2. The van der Waals surface area contributed by atoms with Crippen LogP contribution in [0.3, 0.4) is 0 Å². The van der Waals surface area contributed by atoms with Crippen molar-refractivity contribution in [1.29, 1.82) is 0 Å². The van der Waals surface area contributed by atoms with Crippen LogP contribution < -0.4 is 20.1 Å². The lowest BCUT2D eigenvalue weighted by Gasteiger charge is -2.15. The maximum Gasteiger partial charge on any atom is 0.170 e. The zero-order chi connectivity index (χ0) is 15.0. The Labute approximate surface area is 126 Å². The van der Waals surface area contributed by atoms with Gasteiger partial charge in [-0.05, 0) is 44.1 Å². The summed E-state index contributed by atoms with van der Waals surface area (Å²) in [4.78, 5) is 0. The van der Waals surface area contributed by atoms with Crippen molar-refractivity contribution in [2.24, 2.45) is 5.92 Å². The van der Waals surface area contributed by atoms with E-state index in [0.717, 1.165) is 23.7 Å². The summed E-state index contributed by atoms with van der Waals surface area (Å²) in [7, 11) is 0. The van der Waals surface area contributed by atoms with E-state index in [-0.39, 0.29) is 0 Å². The predicted octanol–water partition coefficient (Wildman–Crippen LogP) is 3.43. The van der Waals surface area contributed by atoms with Crippen molar-refractivity contribution in [3.63, 3.8) is 0 Å². The molecule has 1 rings (SSSR count). The van der Waals surface area contributed by atoms with E-state index in [1.54, 1.807) is 0 Å². The Balaban J connectivity index is 2.70. The smallest absolute Gasteiger partial charge is 0.170 e. The third-order valence-electron chi connectivity index (χ3n) is 2.47. The molecule has 0 aliphatic carbocycles. The van der Waals surface area contributed by atoms with Crippen molar-refractivity contribution in [2.75, 3.05) is 25.1 Å². The molecular weight excluding hydrogens is 272 g/mol. The Morgan fingerprint density at radius 1 is 1.15 bits per heavy atom. The van der Waals surface area contributed by atoms with Crippen LogP contribution in [0.25, 0.3) is 0 Å². The largest absolute Gasteiger partial charge is 0.490 e. The summed E-state index contributed by atoms with van der Waals surface area (Å²) in [6, 6.07) is 5.72. The lowest BCUT2D eigenvalue weighted by Crippen LogP contribution is -2.31. The molecule has 0 aliphatic heterocycles. The average molecular weight is 296 g/mol. The summed E-state index contributed by atoms with van der Waals surface area (Å²) in [5.41, 5.74) is 0.887. The van der Waals surface area contributed by atoms with Crippen LogP contribution in [-0.4, -0.2) is 24.9 Å². The Bertz CT molecular complexity index is 436. The summed E-state index contributed by atoms with van der Waals surface area (Å²) in [6.45, 7) is 10.2. The molecule has 0 aliphatic rings. The molecule has 112 valence electrons.